The Labute approximate surface area is 172 Å². The van der Waals surface area contributed by atoms with Crippen LogP contribution in [-0.2, 0) is 6.18 Å². The van der Waals surface area contributed by atoms with E-state index in [0.29, 0.717) is 10.7 Å². The molecule has 0 aliphatic heterocycles. The number of carbonyl (C=O) groups is 1. The third-order valence-corrected chi connectivity index (χ3v) is 4.81. The lowest BCUT2D eigenvalue weighted by Gasteiger charge is -2.13. The Bertz CT molecular complexity index is 1030. The van der Waals surface area contributed by atoms with Crippen molar-refractivity contribution in [3.63, 3.8) is 0 Å². The van der Waals surface area contributed by atoms with Gasteiger partial charge in [-0.3, -0.25) is 9.78 Å². The minimum absolute atomic E-state index is 0.133. The fourth-order valence-electron chi connectivity index (χ4n) is 2.31. The summed E-state index contributed by atoms with van der Waals surface area (Å²) in [5.41, 5.74) is -0.934. The van der Waals surface area contributed by atoms with Crippen molar-refractivity contribution in [1.82, 2.24) is 4.98 Å². The van der Waals surface area contributed by atoms with E-state index >= 15 is 0 Å². The zero-order valence-electron chi connectivity index (χ0n) is 14.4. The van der Waals surface area contributed by atoms with Gasteiger partial charge in [-0.2, -0.15) is 13.2 Å². The summed E-state index contributed by atoms with van der Waals surface area (Å²) in [4.78, 5) is 16.0. The molecule has 0 bridgehead atoms. The Morgan fingerprint density at radius 3 is 2.41 bits per heavy atom. The first-order chi connectivity index (χ1) is 13.7. The van der Waals surface area contributed by atoms with Crippen molar-refractivity contribution < 1.29 is 22.4 Å². The van der Waals surface area contributed by atoms with Gasteiger partial charge in [-0.1, -0.05) is 11.6 Å². The van der Waals surface area contributed by atoms with E-state index in [1.54, 1.807) is 24.3 Å². The molecule has 1 heterocycles. The molecule has 10 heteroatoms. The largest absolute Gasteiger partial charge is 0.417 e. The van der Waals surface area contributed by atoms with Crippen molar-refractivity contribution in [2.45, 2.75) is 11.1 Å². The number of benzene rings is 2. The molecule has 4 nitrogen and oxygen atoms in total. The standard InChI is InChI=1S/C19H12ClF4N3OS/c20-11-1-3-12(4-2-11)27-29-17-9-13(5-6-16(17)21)26-18(28)14-10-25-8-7-15(14)19(22,23)24/h1-10,27H,(H,26,28). The molecule has 0 aliphatic rings. The monoisotopic (exact) mass is 441 g/mol. The number of nitrogens with zero attached hydrogens (tertiary/aromatic N) is 1. The van der Waals surface area contributed by atoms with Gasteiger partial charge in [0.25, 0.3) is 5.91 Å². The van der Waals surface area contributed by atoms with E-state index in [0.717, 1.165) is 36.5 Å². The molecule has 1 amide bonds. The first-order valence-corrected chi connectivity index (χ1v) is 9.24. The van der Waals surface area contributed by atoms with Crippen LogP contribution in [0.3, 0.4) is 0 Å². The highest BCUT2D eigenvalue weighted by molar-refractivity contribution is 8.00. The molecule has 3 aromatic rings. The van der Waals surface area contributed by atoms with Crippen molar-refractivity contribution in [2.24, 2.45) is 0 Å². The van der Waals surface area contributed by atoms with Crippen molar-refractivity contribution in [3.8, 4) is 0 Å². The Morgan fingerprint density at radius 2 is 1.72 bits per heavy atom. The van der Waals surface area contributed by atoms with Crippen LogP contribution in [-0.4, -0.2) is 10.9 Å². The SMILES string of the molecule is O=C(Nc1ccc(F)c(SNc2ccc(Cl)cc2)c1)c1cnccc1C(F)(F)F. The lowest BCUT2D eigenvalue weighted by Crippen LogP contribution is -2.19. The fourth-order valence-corrected chi connectivity index (χ4v) is 3.15. The van der Waals surface area contributed by atoms with Gasteiger partial charge in [0.1, 0.15) is 5.82 Å². The molecule has 150 valence electrons. The van der Waals surface area contributed by atoms with Crippen molar-refractivity contribution in [1.29, 1.82) is 0 Å². The van der Waals surface area contributed by atoms with Gasteiger partial charge in [0.15, 0.2) is 0 Å². The third kappa shape index (κ3) is 5.39. The van der Waals surface area contributed by atoms with Gasteiger partial charge in [0, 0.05) is 28.8 Å². The van der Waals surface area contributed by atoms with Gasteiger partial charge < -0.3 is 10.0 Å². The molecule has 1 aromatic heterocycles. The quantitative estimate of drug-likeness (QED) is 0.362. The molecule has 2 N–H and O–H groups in total. The van der Waals surface area contributed by atoms with Crippen molar-refractivity contribution in [2.75, 3.05) is 10.0 Å². The van der Waals surface area contributed by atoms with Crippen LogP contribution in [0.15, 0.2) is 65.8 Å². The number of anilines is 2. The summed E-state index contributed by atoms with van der Waals surface area (Å²) in [5.74, 6) is -1.56. The second kappa shape index (κ2) is 8.71. The Balaban J connectivity index is 1.76. The maximum absolute atomic E-state index is 14.1. The van der Waals surface area contributed by atoms with E-state index in [1.807, 2.05) is 0 Å². The number of halogens is 5. The van der Waals surface area contributed by atoms with Crippen LogP contribution >= 0.6 is 23.5 Å². The maximum atomic E-state index is 14.1. The smallest absolute Gasteiger partial charge is 0.326 e. The molecular formula is C19H12ClF4N3OS. The van der Waals surface area contributed by atoms with Crippen LogP contribution in [0.2, 0.25) is 5.02 Å². The number of hydrogen-bond donors (Lipinski definition) is 2. The zero-order valence-corrected chi connectivity index (χ0v) is 16.0. The normalized spacial score (nSPS) is 11.2. The molecular weight excluding hydrogens is 430 g/mol. The Morgan fingerprint density at radius 1 is 1.03 bits per heavy atom. The number of alkyl halides is 3. The molecule has 0 unspecified atom stereocenters. The summed E-state index contributed by atoms with van der Waals surface area (Å²) < 4.78 is 56.2. The summed E-state index contributed by atoms with van der Waals surface area (Å²) in [6.07, 6.45) is -2.92. The van der Waals surface area contributed by atoms with E-state index in [-0.39, 0.29) is 10.6 Å². The summed E-state index contributed by atoms with van der Waals surface area (Å²) in [5, 5.41) is 2.89. The summed E-state index contributed by atoms with van der Waals surface area (Å²) in [7, 11) is 0. The fraction of sp³-hybridized carbons (Fsp3) is 0.0526. The molecule has 0 fully saturated rings. The van der Waals surface area contributed by atoms with Crippen LogP contribution < -0.4 is 10.0 Å². The Kier molecular flexibility index (Phi) is 6.29. The predicted octanol–water partition coefficient (Wildman–Crippen LogP) is 6.26. The molecule has 0 atom stereocenters. The minimum atomic E-state index is -4.71. The van der Waals surface area contributed by atoms with Crippen LogP contribution in [0, 0.1) is 5.82 Å². The summed E-state index contributed by atoms with van der Waals surface area (Å²) in [6.45, 7) is 0. The zero-order chi connectivity index (χ0) is 21.0. The van der Waals surface area contributed by atoms with Crippen molar-refractivity contribution >= 4 is 40.8 Å². The molecule has 0 aliphatic carbocycles. The van der Waals surface area contributed by atoms with E-state index in [9.17, 15) is 22.4 Å². The van der Waals surface area contributed by atoms with E-state index in [4.69, 9.17) is 11.6 Å². The molecule has 29 heavy (non-hydrogen) atoms. The second-order valence-electron chi connectivity index (χ2n) is 5.73. The molecule has 3 rings (SSSR count). The summed E-state index contributed by atoms with van der Waals surface area (Å²) >= 11 is 6.74. The van der Waals surface area contributed by atoms with E-state index < -0.39 is 29.0 Å². The van der Waals surface area contributed by atoms with Gasteiger partial charge in [0.2, 0.25) is 0 Å². The van der Waals surface area contributed by atoms with Gasteiger partial charge in [-0.05, 0) is 60.5 Å². The van der Waals surface area contributed by atoms with Gasteiger partial charge in [0.05, 0.1) is 16.0 Å². The topological polar surface area (TPSA) is 54.0 Å². The number of nitrogens with one attached hydrogen (secondary N) is 2. The van der Waals surface area contributed by atoms with Gasteiger partial charge >= 0.3 is 6.18 Å². The average Bonchev–Trinajstić information content (AvgIpc) is 2.69. The first-order valence-electron chi connectivity index (χ1n) is 8.04. The lowest BCUT2D eigenvalue weighted by atomic mass is 10.1. The molecule has 0 saturated carbocycles. The highest BCUT2D eigenvalue weighted by Crippen LogP contribution is 2.32. The van der Waals surface area contributed by atoms with Crippen LogP contribution in [0.25, 0.3) is 0 Å². The first kappa shape index (κ1) is 20.9. The highest BCUT2D eigenvalue weighted by atomic mass is 35.5. The van der Waals surface area contributed by atoms with E-state index in [2.05, 4.69) is 15.0 Å². The number of carbonyl (C=O) groups excluding carboxylic acids is 1. The van der Waals surface area contributed by atoms with Crippen LogP contribution in [0.5, 0.6) is 0 Å². The number of aromatic nitrogens is 1. The number of amides is 1. The second-order valence-corrected chi connectivity index (χ2v) is 7.01. The van der Waals surface area contributed by atoms with Gasteiger partial charge in [-0.25, -0.2) is 4.39 Å². The molecule has 0 spiro atoms. The van der Waals surface area contributed by atoms with Gasteiger partial charge in [-0.15, -0.1) is 0 Å². The maximum Gasteiger partial charge on any atom is 0.417 e. The number of rotatable bonds is 5. The lowest BCUT2D eigenvalue weighted by molar-refractivity contribution is -0.138. The third-order valence-electron chi connectivity index (χ3n) is 3.68. The minimum Gasteiger partial charge on any atom is -0.326 e. The molecule has 2 aromatic carbocycles. The number of hydrogen-bond acceptors (Lipinski definition) is 4. The number of pyridine rings is 1. The molecule has 0 radical (unpaired) electrons. The highest BCUT2D eigenvalue weighted by Gasteiger charge is 2.35. The van der Waals surface area contributed by atoms with E-state index in [1.165, 1.54) is 12.1 Å². The van der Waals surface area contributed by atoms with Crippen molar-refractivity contribution in [3.05, 3.63) is 82.9 Å². The molecule has 0 saturated heterocycles. The van der Waals surface area contributed by atoms with Crippen LogP contribution in [0.4, 0.5) is 28.9 Å². The van der Waals surface area contributed by atoms with Crippen LogP contribution in [0.1, 0.15) is 15.9 Å². The summed E-state index contributed by atoms with van der Waals surface area (Å²) in [6, 6.07) is 11.1. The Hall–Kier alpha value is -2.78. The predicted molar refractivity (Wildman–Crippen MR) is 105 cm³/mol. The average molecular weight is 442 g/mol.